The predicted molar refractivity (Wildman–Crippen MR) is 103 cm³/mol. The lowest BCUT2D eigenvalue weighted by atomic mass is 9.45. The molecule has 2 aromatic rings. The van der Waals surface area contributed by atoms with Crippen LogP contribution in [0.25, 0.3) is 0 Å². The van der Waals surface area contributed by atoms with Gasteiger partial charge in [0.2, 0.25) is 0 Å². The van der Waals surface area contributed by atoms with Crippen molar-refractivity contribution in [3.8, 4) is 5.97 Å². The highest BCUT2D eigenvalue weighted by molar-refractivity contribution is 6.67. The number of hydrogen-bond acceptors (Lipinski definition) is 3. The summed E-state index contributed by atoms with van der Waals surface area (Å²) in [5.74, 6) is 1.30. The Hall–Kier alpha value is -2.16. The minimum atomic E-state index is -0.980. The molecule has 128 valence electrons. The fraction of sp³-hybridized carbons (Fsp3) is 0.222. The minimum absolute atomic E-state index is 0.123. The first-order valence-corrected chi connectivity index (χ1v) is 8.65. The molecule has 1 aliphatic heterocycles. The molecule has 0 saturated carbocycles. The van der Waals surface area contributed by atoms with E-state index in [1.807, 2.05) is 30.3 Å². The highest BCUT2D eigenvalue weighted by atomic mass is 35.5. The molecule has 1 fully saturated rings. The van der Waals surface area contributed by atoms with Gasteiger partial charge in [-0.15, -0.1) is 0 Å². The van der Waals surface area contributed by atoms with E-state index >= 15 is 0 Å². The van der Waals surface area contributed by atoms with E-state index in [9.17, 15) is 4.79 Å². The summed E-state index contributed by atoms with van der Waals surface area (Å²) in [6.45, 7) is 1.69. The maximum absolute atomic E-state index is 10.8. The predicted octanol–water partition coefficient (Wildman–Crippen LogP) is 4.76. The molecular formula is C18H17BCl2N2O2. The molecule has 0 spiro atoms. The second-order valence-electron chi connectivity index (χ2n) is 5.66. The fourth-order valence-electron chi connectivity index (χ4n) is 2.56. The van der Waals surface area contributed by atoms with Crippen molar-refractivity contribution in [2.75, 3.05) is 18.0 Å². The first-order chi connectivity index (χ1) is 12.0. The molecular weight excluding hydrogens is 358 g/mol. The van der Waals surface area contributed by atoms with Crippen LogP contribution in [0.1, 0.15) is 10.4 Å². The molecule has 1 saturated heterocycles. The van der Waals surface area contributed by atoms with Crippen molar-refractivity contribution >= 4 is 41.6 Å². The largest absolute Gasteiger partial charge is 0.478 e. The molecule has 1 aliphatic rings. The Kier molecular flexibility index (Phi) is 7.18. The van der Waals surface area contributed by atoms with Crippen molar-refractivity contribution in [2.45, 2.75) is 12.6 Å². The summed E-state index contributed by atoms with van der Waals surface area (Å²) in [5.41, 5.74) is 1.04. The Morgan fingerprint density at radius 2 is 1.76 bits per heavy atom. The van der Waals surface area contributed by atoms with E-state index in [0.717, 1.165) is 36.4 Å². The monoisotopic (exact) mass is 374 g/mol. The summed E-state index contributed by atoms with van der Waals surface area (Å²) in [6.07, 6.45) is 1.65. The number of nitriles is 1. The van der Waals surface area contributed by atoms with E-state index in [4.69, 9.17) is 33.6 Å². The molecule has 1 N–H and O–H groups in total. The van der Waals surface area contributed by atoms with Gasteiger partial charge in [0.15, 0.2) is 0 Å². The van der Waals surface area contributed by atoms with E-state index in [1.54, 1.807) is 12.1 Å². The molecule has 4 nitrogen and oxygen atoms in total. The second-order valence-corrected chi connectivity index (χ2v) is 6.50. The molecule has 1 heterocycles. The van der Waals surface area contributed by atoms with Crippen LogP contribution in [-0.4, -0.2) is 30.9 Å². The number of anilines is 1. The number of nitrogens with zero attached hydrogens (tertiary/aromatic N) is 2. The third kappa shape index (κ3) is 5.70. The maximum Gasteiger partial charge on any atom is 0.335 e. The molecule has 2 aromatic carbocycles. The number of carboxylic acid groups (broad SMARTS) is 1. The smallest absolute Gasteiger partial charge is 0.335 e. The van der Waals surface area contributed by atoms with Gasteiger partial charge in [0.25, 0.3) is 6.71 Å². The lowest BCUT2D eigenvalue weighted by molar-refractivity contribution is 0.0697. The highest BCUT2D eigenvalue weighted by Gasteiger charge is 2.23. The number of aromatic carboxylic acids is 1. The third-order valence-corrected chi connectivity index (χ3v) is 4.50. The topological polar surface area (TPSA) is 64.3 Å². The van der Waals surface area contributed by atoms with Gasteiger partial charge in [-0.1, -0.05) is 41.4 Å². The molecule has 0 aliphatic carbocycles. The molecule has 0 radical (unpaired) electrons. The Balaban J connectivity index is 0.000000269. The van der Waals surface area contributed by atoms with E-state index in [-0.39, 0.29) is 12.3 Å². The summed E-state index contributed by atoms with van der Waals surface area (Å²) in [6, 6.07) is 14.2. The van der Waals surface area contributed by atoms with E-state index in [2.05, 4.69) is 10.9 Å². The van der Waals surface area contributed by atoms with Crippen molar-refractivity contribution in [1.29, 1.82) is 5.26 Å². The number of carbonyl (C=O) groups is 1. The van der Waals surface area contributed by atoms with Gasteiger partial charge in [0, 0.05) is 24.1 Å². The average Bonchev–Trinajstić information content (AvgIpc) is 2.63. The molecule has 0 amide bonds. The number of halogens is 2. The van der Waals surface area contributed by atoms with Crippen molar-refractivity contribution in [1.82, 2.24) is 0 Å². The van der Waals surface area contributed by atoms with Crippen LogP contribution >= 0.6 is 23.2 Å². The maximum atomic E-state index is 10.8. The van der Waals surface area contributed by atoms with Crippen LogP contribution < -0.4 is 4.90 Å². The third-order valence-electron chi connectivity index (χ3n) is 3.95. The van der Waals surface area contributed by atoms with Crippen LogP contribution in [0.2, 0.25) is 22.7 Å². The first kappa shape index (κ1) is 19.2. The lowest BCUT2D eigenvalue weighted by Crippen LogP contribution is -2.36. The van der Waals surface area contributed by atoms with Crippen molar-refractivity contribution < 1.29 is 9.90 Å². The van der Waals surface area contributed by atoms with E-state index in [1.165, 1.54) is 6.07 Å². The number of carboxylic acids is 1. The summed E-state index contributed by atoms with van der Waals surface area (Å²) >= 11 is 11.6. The SMILES string of the molecule is Clc1ccccc1.N#CB1CCN(c2ccc(C(=O)O)cc2Cl)CC1. The van der Waals surface area contributed by atoms with Crippen LogP contribution in [-0.2, 0) is 0 Å². The zero-order valence-corrected chi connectivity index (χ0v) is 15.0. The fourth-order valence-corrected chi connectivity index (χ4v) is 3.01. The number of benzene rings is 2. The standard InChI is InChI=1S/C12H12BClN2O2.C6H5Cl/c14-10-7-9(12(17)18)1-2-11(10)16-5-3-13(8-15)4-6-16;7-6-4-2-1-3-5-6/h1-2,7H,3-6H2,(H,17,18);1-5H. The number of hydrogen-bond donors (Lipinski definition) is 1. The van der Waals surface area contributed by atoms with Crippen LogP contribution in [0.15, 0.2) is 48.5 Å². The lowest BCUT2D eigenvalue weighted by Gasteiger charge is -2.30. The molecule has 0 unspecified atom stereocenters. The molecule has 0 aromatic heterocycles. The van der Waals surface area contributed by atoms with Gasteiger partial charge in [-0.3, -0.25) is 0 Å². The number of rotatable bonds is 2. The van der Waals surface area contributed by atoms with Gasteiger partial charge in [0.1, 0.15) is 0 Å². The minimum Gasteiger partial charge on any atom is -0.478 e. The molecule has 3 rings (SSSR count). The van der Waals surface area contributed by atoms with Gasteiger partial charge in [0.05, 0.1) is 16.3 Å². The Bertz CT molecular complexity index is 757. The Morgan fingerprint density at radius 3 is 2.20 bits per heavy atom. The highest BCUT2D eigenvalue weighted by Crippen LogP contribution is 2.29. The van der Waals surface area contributed by atoms with Gasteiger partial charge < -0.3 is 10.0 Å². The van der Waals surface area contributed by atoms with E-state index < -0.39 is 5.97 Å². The Labute approximate surface area is 157 Å². The van der Waals surface area contributed by atoms with Gasteiger partial charge >= 0.3 is 5.97 Å². The summed E-state index contributed by atoms with van der Waals surface area (Å²) in [4.78, 5) is 12.9. The van der Waals surface area contributed by atoms with E-state index in [0.29, 0.717) is 5.02 Å². The summed E-state index contributed by atoms with van der Waals surface area (Å²) < 4.78 is 0. The van der Waals surface area contributed by atoms with Crippen molar-refractivity contribution in [3.63, 3.8) is 0 Å². The van der Waals surface area contributed by atoms with Gasteiger partial charge in [-0.2, -0.15) is 0 Å². The zero-order chi connectivity index (χ0) is 18.2. The van der Waals surface area contributed by atoms with Crippen LogP contribution in [0.3, 0.4) is 0 Å². The summed E-state index contributed by atoms with van der Waals surface area (Å²) in [5, 5.41) is 19.0. The zero-order valence-electron chi connectivity index (χ0n) is 13.5. The van der Waals surface area contributed by atoms with Crippen LogP contribution in [0.4, 0.5) is 5.69 Å². The van der Waals surface area contributed by atoms with Crippen LogP contribution in [0, 0.1) is 11.2 Å². The first-order valence-electron chi connectivity index (χ1n) is 7.89. The van der Waals surface area contributed by atoms with Crippen molar-refractivity contribution in [3.05, 3.63) is 64.1 Å². The summed E-state index contributed by atoms with van der Waals surface area (Å²) in [7, 11) is 0. The van der Waals surface area contributed by atoms with Crippen molar-refractivity contribution in [2.24, 2.45) is 0 Å². The normalized spacial score (nSPS) is 13.5. The second kappa shape index (κ2) is 9.36. The molecule has 25 heavy (non-hydrogen) atoms. The Morgan fingerprint density at radius 1 is 1.12 bits per heavy atom. The molecule has 0 bridgehead atoms. The molecule has 7 heteroatoms. The average molecular weight is 375 g/mol. The van der Waals surface area contributed by atoms with Gasteiger partial charge in [-0.25, -0.2) is 10.1 Å². The van der Waals surface area contributed by atoms with Gasteiger partial charge in [-0.05, 0) is 43.0 Å². The quantitative estimate of drug-likeness (QED) is 0.770. The van der Waals surface area contributed by atoms with Crippen LogP contribution in [0.5, 0.6) is 0 Å². The molecule has 0 atom stereocenters.